The van der Waals surface area contributed by atoms with Crippen molar-refractivity contribution in [3.05, 3.63) is 59.7 Å². The normalized spacial score (nSPS) is 11.9. The van der Waals surface area contributed by atoms with Crippen molar-refractivity contribution in [1.82, 2.24) is 0 Å². The third kappa shape index (κ3) is 3.48. The van der Waals surface area contributed by atoms with Crippen LogP contribution in [0.2, 0.25) is 0 Å². The van der Waals surface area contributed by atoms with Gasteiger partial charge in [-0.2, -0.15) is 0 Å². The number of methoxy groups -OCH3 is 1. The zero-order chi connectivity index (χ0) is 13.7. The van der Waals surface area contributed by atoms with Gasteiger partial charge >= 0.3 is 0 Å². The van der Waals surface area contributed by atoms with E-state index in [0.29, 0.717) is 6.61 Å². The molecule has 0 spiro atoms. The molecular weight excluding hydrogens is 238 g/mol. The molecule has 100 valence electrons. The molecular formula is C16H19NO2. The summed E-state index contributed by atoms with van der Waals surface area (Å²) in [6, 6.07) is 15.5. The van der Waals surface area contributed by atoms with Crippen LogP contribution < -0.4 is 15.2 Å². The van der Waals surface area contributed by atoms with Gasteiger partial charge in [-0.05, 0) is 25.1 Å². The van der Waals surface area contributed by atoms with Crippen molar-refractivity contribution < 1.29 is 9.47 Å². The lowest BCUT2D eigenvalue weighted by Gasteiger charge is -2.16. The maximum atomic E-state index is 6.14. The Hall–Kier alpha value is -2.00. The summed E-state index contributed by atoms with van der Waals surface area (Å²) in [4.78, 5) is 0. The monoisotopic (exact) mass is 257 g/mol. The molecule has 0 radical (unpaired) electrons. The summed E-state index contributed by atoms with van der Waals surface area (Å²) in [6.45, 7) is 2.47. The van der Waals surface area contributed by atoms with Crippen LogP contribution in [0.1, 0.15) is 17.2 Å². The van der Waals surface area contributed by atoms with Gasteiger partial charge in [-0.15, -0.1) is 0 Å². The largest absolute Gasteiger partial charge is 0.496 e. The zero-order valence-corrected chi connectivity index (χ0v) is 11.3. The Bertz CT molecular complexity index is 523. The summed E-state index contributed by atoms with van der Waals surface area (Å²) in [5.41, 5.74) is 8.31. The van der Waals surface area contributed by atoms with Gasteiger partial charge in [0.2, 0.25) is 0 Å². The summed E-state index contributed by atoms with van der Waals surface area (Å²) in [5.74, 6) is 1.62. The molecule has 0 amide bonds. The Morgan fingerprint density at radius 1 is 1.05 bits per heavy atom. The van der Waals surface area contributed by atoms with Crippen molar-refractivity contribution in [2.75, 3.05) is 13.7 Å². The molecule has 1 atom stereocenters. The number of ether oxygens (including phenoxy) is 2. The number of aryl methyl sites for hydroxylation is 1. The number of hydrogen-bond acceptors (Lipinski definition) is 3. The van der Waals surface area contributed by atoms with Gasteiger partial charge in [0, 0.05) is 5.56 Å². The second kappa shape index (κ2) is 6.25. The first-order valence-corrected chi connectivity index (χ1v) is 6.28. The Morgan fingerprint density at radius 3 is 2.42 bits per heavy atom. The predicted octanol–water partition coefficient (Wildman–Crippen LogP) is 3.08. The number of rotatable bonds is 5. The minimum absolute atomic E-state index is 0.211. The van der Waals surface area contributed by atoms with E-state index in [1.54, 1.807) is 7.11 Å². The topological polar surface area (TPSA) is 44.5 Å². The molecule has 2 rings (SSSR count). The van der Waals surface area contributed by atoms with Gasteiger partial charge in [0.15, 0.2) is 0 Å². The Kier molecular flexibility index (Phi) is 4.42. The van der Waals surface area contributed by atoms with Crippen LogP contribution in [-0.4, -0.2) is 13.7 Å². The molecule has 0 aromatic heterocycles. The molecule has 2 aromatic rings. The molecule has 3 nitrogen and oxygen atoms in total. The van der Waals surface area contributed by atoms with Crippen LogP contribution in [-0.2, 0) is 0 Å². The third-order valence-corrected chi connectivity index (χ3v) is 2.99. The highest BCUT2D eigenvalue weighted by molar-refractivity contribution is 5.36. The van der Waals surface area contributed by atoms with Gasteiger partial charge in [0.05, 0.1) is 13.2 Å². The molecule has 0 saturated carbocycles. The molecule has 0 aliphatic heterocycles. The van der Waals surface area contributed by atoms with Crippen molar-refractivity contribution in [2.45, 2.75) is 13.0 Å². The van der Waals surface area contributed by atoms with Crippen molar-refractivity contribution in [3.63, 3.8) is 0 Å². The van der Waals surface area contributed by atoms with E-state index >= 15 is 0 Å². The Morgan fingerprint density at radius 2 is 1.74 bits per heavy atom. The average molecular weight is 257 g/mol. The Balaban J connectivity index is 2.01. The van der Waals surface area contributed by atoms with Crippen LogP contribution in [0.4, 0.5) is 0 Å². The molecule has 19 heavy (non-hydrogen) atoms. The van der Waals surface area contributed by atoms with E-state index in [4.69, 9.17) is 15.2 Å². The van der Waals surface area contributed by atoms with E-state index in [1.165, 1.54) is 5.56 Å². The van der Waals surface area contributed by atoms with E-state index in [0.717, 1.165) is 17.1 Å². The first-order valence-electron chi connectivity index (χ1n) is 6.28. The quantitative estimate of drug-likeness (QED) is 0.895. The Labute approximate surface area is 114 Å². The van der Waals surface area contributed by atoms with Gasteiger partial charge < -0.3 is 15.2 Å². The van der Waals surface area contributed by atoms with Crippen LogP contribution in [0, 0.1) is 6.92 Å². The van der Waals surface area contributed by atoms with E-state index in [9.17, 15) is 0 Å². The van der Waals surface area contributed by atoms with Gasteiger partial charge in [-0.3, -0.25) is 0 Å². The van der Waals surface area contributed by atoms with Gasteiger partial charge in [-0.1, -0.05) is 35.9 Å². The molecule has 2 aromatic carbocycles. The summed E-state index contributed by atoms with van der Waals surface area (Å²) in [7, 11) is 1.65. The van der Waals surface area contributed by atoms with E-state index in [2.05, 4.69) is 0 Å². The lowest BCUT2D eigenvalue weighted by atomic mass is 10.1. The smallest absolute Gasteiger partial charge is 0.123 e. The maximum absolute atomic E-state index is 6.14. The predicted molar refractivity (Wildman–Crippen MR) is 76.6 cm³/mol. The fourth-order valence-corrected chi connectivity index (χ4v) is 1.88. The second-order valence-electron chi connectivity index (χ2n) is 4.47. The van der Waals surface area contributed by atoms with E-state index in [-0.39, 0.29) is 6.04 Å². The summed E-state index contributed by atoms with van der Waals surface area (Å²) >= 11 is 0. The third-order valence-electron chi connectivity index (χ3n) is 2.99. The molecule has 0 saturated heterocycles. The van der Waals surface area contributed by atoms with Crippen LogP contribution in [0.25, 0.3) is 0 Å². The van der Waals surface area contributed by atoms with Gasteiger partial charge in [0.1, 0.15) is 18.1 Å². The molecule has 0 fully saturated rings. The van der Waals surface area contributed by atoms with E-state index < -0.39 is 0 Å². The highest BCUT2D eigenvalue weighted by atomic mass is 16.5. The minimum Gasteiger partial charge on any atom is -0.496 e. The van der Waals surface area contributed by atoms with Crippen LogP contribution in [0.5, 0.6) is 11.5 Å². The lowest BCUT2D eigenvalue weighted by Crippen LogP contribution is -2.19. The number of benzene rings is 2. The van der Waals surface area contributed by atoms with E-state index in [1.807, 2.05) is 55.5 Å². The van der Waals surface area contributed by atoms with Gasteiger partial charge in [-0.25, -0.2) is 0 Å². The highest BCUT2D eigenvalue weighted by Gasteiger charge is 2.11. The van der Waals surface area contributed by atoms with Crippen LogP contribution in [0.15, 0.2) is 48.5 Å². The van der Waals surface area contributed by atoms with Gasteiger partial charge in [0.25, 0.3) is 0 Å². The molecule has 2 N–H and O–H groups in total. The lowest BCUT2D eigenvalue weighted by molar-refractivity contribution is 0.286. The standard InChI is InChI=1S/C16H19NO2/c1-12-7-9-13(10-8-12)19-11-15(17)14-5-3-4-6-16(14)18-2/h3-10,15H,11,17H2,1-2H3. The first kappa shape index (κ1) is 13.4. The first-order chi connectivity index (χ1) is 9.20. The van der Waals surface area contributed by atoms with Crippen LogP contribution >= 0.6 is 0 Å². The van der Waals surface area contributed by atoms with Crippen LogP contribution in [0.3, 0.4) is 0 Å². The molecule has 0 aliphatic carbocycles. The number of nitrogens with two attached hydrogens (primary N) is 1. The van der Waals surface area contributed by atoms with Crippen molar-refractivity contribution >= 4 is 0 Å². The molecule has 0 aliphatic rings. The SMILES string of the molecule is COc1ccccc1C(N)COc1ccc(C)cc1. The molecule has 0 bridgehead atoms. The molecule has 3 heteroatoms. The van der Waals surface area contributed by atoms with Crippen molar-refractivity contribution in [1.29, 1.82) is 0 Å². The zero-order valence-electron chi connectivity index (χ0n) is 11.3. The highest BCUT2D eigenvalue weighted by Crippen LogP contribution is 2.24. The molecule has 0 heterocycles. The maximum Gasteiger partial charge on any atom is 0.123 e. The second-order valence-corrected chi connectivity index (χ2v) is 4.47. The summed E-state index contributed by atoms with van der Waals surface area (Å²) < 4.78 is 11.0. The minimum atomic E-state index is -0.211. The summed E-state index contributed by atoms with van der Waals surface area (Å²) in [6.07, 6.45) is 0. The fraction of sp³-hybridized carbons (Fsp3) is 0.250. The van der Waals surface area contributed by atoms with Crippen molar-refractivity contribution in [3.8, 4) is 11.5 Å². The number of para-hydroxylation sites is 1. The van der Waals surface area contributed by atoms with Crippen molar-refractivity contribution in [2.24, 2.45) is 5.73 Å². The average Bonchev–Trinajstić information content (AvgIpc) is 2.46. The number of hydrogen-bond donors (Lipinski definition) is 1. The summed E-state index contributed by atoms with van der Waals surface area (Å²) in [5, 5.41) is 0. The fourth-order valence-electron chi connectivity index (χ4n) is 1.88. The molecule has 1 unspecified atom stereocenters.